The minimum atomic E-state index is 0.447. The Morgan fingerprint density at radius 3 is 2.76 bits per heavy atom. The third-order valence-corrected chi connectivity index (χ3v) is 4.98. The van der Waals surface area contributed by atoms with E-state index in [1.807, 2.05) is 11.3 Å². The fourth-order valence-corrected chi connectivity index (χ4v) is 3.87. The van der Waals surface area contributed by atoms with Gasteiger partial charge in [-0.1, -0.05) is 32.9 Å². The molecule has 2 rings (SSSR count). The van der Waals surface area contributed by atoms with Crippen molar-refractivity contribution >= 4 is 37.4 Å². The number of thiophene rings is 1. The smallest absolute Gasteiger partial charge is 0.0488 e. The largest absolute Gasteiger partial charge is 0.310 e. The molecule has 1 N–H and O–H groups in total. The number of fused-ring (bicyclic) bond motifs is 1. The van der Waals surface area contributed by atoms with Gasteiger partial charge in [-0.25, -0.2) is 0 Å². The zero-order valence-corrected chi connectivity index (χ0v) is 12.9. The van der Waals surface area contributed by atoms with Gasteiger partial charge >= 0.3 is 0 Å². The lowest BCUT2D eigenvalue weighted by atomic mass is 9.95. The van der Waals surface area contributed by atoms with Crippen molar-refractivity contribution in [1.29, 1.82) is 0 Å². The van der Waals surface area contributed by atoms with Crippen LogP contribution in [0.25, 0.3) is 10.1 Å². The molecule has 3 heteroatoms. The highest BCUT2D eigenvalue weighted by atomic mass is 79.9. The van der Waals surface area contributed by atoms with E-state index in [9.17, 15) is 0 Å². The number of halogens is 1. The third-order valence-electron chi connectivity index (χ3n) is 3.01. The van der Waals surface area contributed by atoms with Crippen LogP contribution in [0.15, 0.2) is 28.1 Å². The molecule has 0 spiro atoms. The molecule has 1 unspecified atom stereocenters. The van der Waals surface area contributed by atoms with E-state index >= 15 is 0 Å². The van der Waals surface area contributed by atoms with Crippen molar-refractivity contribution in [2.45, 2.75) is 26.8 Å². The summed E-state index contributed by atoms with van der Waals surface area (Å²) in [6.07, 6.45) is 0. The van der Waals surface area contributed by atoms with Crippen molar-refractivity contribution in [3.05, 3.63) is 33.6 Å². The van der Waals surface area contributed by atoms with Gasteiger partial charge in [-0.3, -0.25) is 0 Å². The Kier molecular flexibility index (Phi) is 4.23. The quantitative estimate of drug-likeness (QED) is 0.840. The molecule has 92 valence electrons. The molecule has 0 amide bonds. The van der Waals surface area contributed by atoms with Gasteiger partial charge in [-0.05, 0) is 50.8 Å². The van der Waals surface area contributed by atoms with Crippen LogP contribution in [0.2, 0.25) is 0 Å². The van der Waals surface area contributed by atoms with Gasteiger partial charge in [0.25, 0.3) is 0 Å². The number of rotatable bonds is 4. The summed E-state index contributed by atoms with van der Waals surface area (Å²) in [5.74, 6) is 0.603. The molecule has 17 heavy (non-hydrogen) atoms. The van der Waals surface area contributed by atoms with Gasteiger partial charge in [-0.2, -0.15) is 0 Å². The van der Waals surface area contributed by atoms with Crippen LogP contribution >= 0.6 is 27.3 Å². The summed E-state index contributed by atoms with van der Waals surface area (Å²) in [4.78, 5) is 0. The van der Waals surface area contributed by atoms with Gasteiger partial charge in [0.1, 0.15) is 0 Å². The predicted octanol–water partition coefficient (Wildman–Crippen LogP) is 4.97. The second-order valence-corrected chi connectivity index (χ2v) is 6.32. The highest BCUT2D eigenvalue weighted by Gasteiger charge is 2.18. The topological polar surface area (TPSA) is 12.0 Å². The Labute approximate surface area is 115 Å². The molecule has 1 heterocycles. The molecule has 0 fully saturated rings. The van der Waals surface area contributed by atoms with Crippen molar-refractivity contribution in [2.24, 2.45) is 5.92 Å². The first kappa shape index (κ1) is 13.1. The molecule has 0 aliphatic rings. The van der Waals surface area contributed by atoms with Gasteiger partial charge in [0.15, 0.2) is 0 Å². The molecule has 1 nitrogen and oxygen atoms in total. The van der Waals surface area contributed by atoms with Crippen LogP contribution in [0.4, 0.5) is 0 Å². The van der Waals surface area contributed by atoms with E-state index in [0.717, 1.165) is 6.54 Å². The zero-order chi connectivity index (χ0) is 12.4. The summed E-state index contributed by atoms with van der Waals surface area (Å²) in [5.41, 5.74) is 1.43. The van der Waals surface area contributed by atoms with Crippen molar-refractivity contribution in [1.82, 2.24) is 5.32 Å². The summed E-state index contributed by atoms with van der Waals surface area (Å²) < 4.78 is 2.55. The molecule has 0 saturated heterocycles. The minimum absolute atomic E-state index is 0.447. The first-order valence-electron chi connectivity index (χ1n) is 6.04. The summed E-state index contributed by atoms with van der Waals surface area (Å²) in [5, 5.41) is 7.26. The van der Waals surface area contributed by atoms with Crippen molar-refractivity contribution in [3.8, 4) is 0 Å². The van der Waals surface area contributed by atoms with Gasteiger partial charge in [-0.15, -0.1) is 11.3 Å². The average molecular weight is 312 g/mol. The zero-order valence-electron chi connectivity index (χ0n) is 10.5. The predicted molar refractivity (Wildman–Crippen MR) is 80.8 cm³/mol. The SMILES string of the molecule is CCNC(c1csc2c(Br)cccc12)C(C)C. The maximum Gasteiger partial charge on any atom is 0.0488 e. The minimum Gasteiger partial charge on any atom is -0.310 e. The summed E-state index contributed by atoms with van der Waals surface area (Å²) in [6.45, 7) is 7.72. The molecule has 0 aliphatic heterocycles. The van der Waals surface area contributed by atoms with Gasteiger partial charge in [0, 0.05) is 15.2 Å². The van der Waals surface area contributed by atoms with Crippen LogP contribution in [0.5, 0.6) is 0 Å². The summed E-state index contributed by atoms with van der Waals surface area (Å²) in [7, 11) is 0. The molecule has 0 saturated carbocycles. The van der Waals surface area contributed by atoms with E-state index in [1.165, 1.54) is 20.1 Å². The lowest BCUT2D eigenvalue weighted by molar-refractivity contribution is 0.425. The van der Waals surface area contributed by atoms with E-state index in [2.05, 4.69) is 65.6 Å². The van der Waals surface area contributed by atoms with Crippen molar-refractivity contribution in [2.75, 3.05) is 6.54 Å². The molecule has 0 bridgehead atoms. The van der Waals surface area contributed by atoms with Crippen LogP contribution in [0.1, 0.15) is 32.4 Å². The Bertz CT molecular complexity index is 504. The van der Waals surface area contributed by atoms with Crippen molar-refractivity contribution < 1.29 is 0 Å². The molecular formula is C14H18BrNS. The van der Waals surface area contributed by atoms with Gasteiger partial charge in [0.05, 0.1) is 0 Å². The normalized spacial score (nSPS) is 13.5. The Hall–Kier alpha value is -0.380. The molecule has 0 aliphatic carbocycles. The molecule has 2 aromatic rings. The standard InChI is InChI=1S/C14H18BrNS/c1-4-16-13(9(2)3)11-8-17-14-10(11)6-5-7-12(14)15/h5-9,13,16H,4H2,1-3H3. The van der Waals surface area contributed by atoms with Crippen LogP contribution in [0, 0.1) is 5.92 Å². The number of hydrogen-bond acceptors (Lipinski definition) is 2. The second-order valence-electron chi connectivity index (χ2n) is 4.59. The van der Waals surface area contributed by atoms with E-state index in [1.54, 1.807) is 0 Å². The first-order chi connectivity index (χ1) is 8.15. The maximum atomic E-state index is 3.63. The average Bonchev–Trinajstić information content (AvgIpc) is 2.70. The lowest BCUT2D eigenvalue weighted by Gasteiger charge is -2.21. The highest BCUT2D eigenvalue weighted by molar-refractivity contribution is 9.10. The molecule has 1 aromatic carbocycles. The summed E-state index contributed by atoms with van der Waals surface area (Å²) in [6, 6.07) is 6.90. The Balaban J connectivity index is 2.50. The van der Waals surface area contributed by atoms with Crippen LogP contribution in [0.3, 0.4) is 0 Å². The van der Waals surface area contributed by atoms with E-state index in [-0.39, 0.29) is 0 Å². The monoisotopic (exact) mass is 311 g/mol. The fraction of sp³-hybridized carbons (Fsp3) is 0.429. The van der Waals surface area contributed by atoms with E-state index in [0.29, 0.717) is 12.0 Å². The molecule has 1 atom stereocenters. The van der Waals surface area contributed by atoms with Gasteiger partial charge < -0.3 is 5.32 Å². The lowest BCUT2D eigenvalue weighted by Crippen LogP contribution is -2.25. The van der Waals surface area contributed by atoms with E-state index in [4.69, 9.17) is 0 Å². The molecular weight excluding hydrogens is 294 g/mol. The van der Waals surface area contributed by atoms with Crippen LogP contribution < -0.4 is 5.32 Å². The number of benzene rings is 1. The third kappa shape index (κ3) is 2.56. The van der Waals surface area contributed by atoms with E-state index < -0.39 is 0 Å². The first-order valence-corrected chi connectivity index (χ1v) is 7.71. The molecule has 1 aromatic heterocycles. The Morgan fingerprint density at radius 2 is 2.12 bits per heavy atom. The number of nitrogens with one attached hydrogen (secondary N) is 1. The Morgan fingerprint density at radius 1 is 1.35 bits per heavy atom. The van der Waals surface area contributed by atoms with Crippen molar-refractivity contribution in [3.63, 3.8) is 0 Å². The second kappa shape index (κ2) is 5.51. The van der Waals surface area contributed by atoms with Gasteiger partial charge in [0.2, 0.25) is 0 Å². The maximum absolute atomic E-state index is 3.63. The number of hydrogen-bond donors (Lipinski definition) is 1. The van der Waals surface area contributed by atoms with Crippen LogP contribution in [-0.2, 0) is 0 Å². The summed E-state index contributed by atoms with van der Waals surface area (Å²) >= 11 is 5.45. The molecule has 0 radical (unpaired) electrons. The highest BCUT2D eigenvalue weighted by Crippen LogP contribution is 2.37. The fourth-order valence-electron chi connectivity index (χ4n) is 2.21. The van der Waals surface area contributed by atoms with Crippen LogP contribution in [-0.4, -0.2) is 6.54 Å².